The zero-order chi connectivity index (χ0) is 26.8. The van der Waals surface area contributed by atoms with Crippen LogP contribution in [0.5, 0.6) is 0 Å². The SMILES string of the molecule is CCC[CH2][Sn]([CH2]CCC)[CH2]CCC.CCN(CC)c1ccc(N=Nc2ccccc2C(=O)O)c(C)c1. The van der Waals surface area contributed by atoms with Crippen LogP contribution in [0.3, 0.4) is 0 Å². The molecule has 0 heterocycles. The van der Waals surface area contributed by atoms with Gasteiger partial charge in [0.1, 0.15) is 5.69 Å². The van der Waals surface area contributed by atoms with Crippen LogP contribution in [0.25, 0.3) is 0 Å². The first-order valence-corrected chi connectivity index (χ1v) is 19.9. The Morgan fingerprint density at radius 1 is 0.806 bits per heavy atom. The minimum atomic E-state index is -1.01. The predicted octanol–water partition coefficient (Wildman–Crippen LogP) is 9.84. The topological polar surface area (TPSA) is 65.3 Å². The fourth-order valence-electron chi connectivity index (χ4n) is 4.04. The van der Waals surface area contributed by atoms with E-state index in [0.717, 1.165) is 30.0 Å². The molecule has 2 rings (SSSR count). The molecular weight excluding hydrogens is 553 g/mol. The van der Waals surface area contributed by atoms with E-state index in [4.69, 9.17) is 5.11 Å². The van der Waals surface area contributed by atoms with Gasteiger partial charge in [-0.3, -0.25) is 0 Å². The van der Waals surface area contributed by atoms with Crippen LogP contribution in [0, 0.1) is 6.92 Å². The molecule has 0 aliphatic heterocycles. The summed E-state index contributed by atoms with van der Waals surface area (Å²) in [6, 6.07) is 12.6. The molecule has 0 atom stereocenters. The molecule has 0 fully saturated rings. The maximum absolute atomic E-state index is 11.2. The van der Waals surface area contributed by atoms with Crippen LogP contribution in [0.15, 0.2) is 52.7 Å². The standard InChI is InChI=1S/C18H21N3O2.3C4H9.Sn/c1-4-21(5-2)14-10-11-16(13(3)12-14)19-20-17-9-7-6-8-15(17)18(22)23;3*1-3-4-2;/h6-12H,4-5H2,1-3H3,(H,22,23);3*1,3-4H2,2H3;. The van der Waals surface area contributed by atoms with Gasteiger partial charge in [0.2, 0.25) is 0 Å². The summed E-state index contributed by atoms with van der Waals surface area (Å²) in [6.45, 7) is 15.1. The molecule has 1 N–H and O–H groups in total. The van der Waals surface area contributed by atoms with Gasteiger partial charge in [0.15, 0.2) is 0 Å². The number of benzene rings is 2. The molecule has 2 aromatic carbocycles. The summed E-state index contributed by atoms with van der Waals surface area (Å²) in [5.41, 5.74) is 3.39. The van der Waals surface area contributed by atoms with Crippen molar-refractivity contribution in [1.29, 1.82) is 0 Å². The summed E-state index contributed by atoms with van der Waals surface area (Å²) in [6.07, 6.45) is 8.85. The van der Waals surface area contributed by atoms with E-state index in [1.807, 2.05) is 19.1 Å². The van der Waals surface area contributed by atoms with E-state index < -0.39 is 25.7 Å². The van der Waals surface area contributed by atoms with Crippen LogP contribution >= 0.6 is 0 Å². The molecule has 5 nitrogen and oxygen atoms in total. The first kappa shape index (κ1) is 32.1. The van der Waals surface area contributed by atoms with Crippen LogP contribution in [0.2, 0.25) is 13.3 Å². The van der Waals surface area contributed by atoms with Crippen molar-refractivity contribution in [3.63, 3.8) is 0 Å². The molecule has 0 amide bonds. The number of hydrogen-bond donors (Lipinski definition) is 1. The first-order valence-electron chi connectivity index (χ1n) is 13.8. The number of carbonyl (C=O) groups is 1. The number of azo groups is 1. The fourth-order valence-corrected chi connectivity index (χ4v) is 13.5. The molecule has 0 saturated carbocycles. The second kappa shape index (κ2) is 19.3. The summed E-state index contributed by atoms with van der Waals surface area (Å²) < 4.78 is 5.04. The van der Waals surface area contributed by atoms with Crippen molar-refractivity contribution >= 4 is 42.8 Å². The molecule has 199 valence electrons. The molecule has 36 heavy (non-hydrogen) atoms. The Balaban J connectivity index is 0.000000426. The third-order valence-corrected chi connectivity index (χ3v) is 15.4. The van der Waals surface area contributed by atoms with Crippen LogP contribution in [-0.4, -0.2) is 43.9 Å². The van der Waals surface area contributed by atoms with Crippen molar-refractivity contribution in [2.75, 3.05) is 18.0 Å². The van der Waals surface area contributed by atoms with E-state index >= 15 is 0 Å². The van der Waals surface area contributed by atoms with Crippen molar-refractivity contribution in [2.45, 2.75) is 93.4 Å². The summed E-state index contributed by atoms with van der Waals surface area (Å²) in [7, 11) is 0. The number of carboxylic acids is 1. The number of nitrogens with zero attached hydrogens (tertiary/aromatic N) is 3. The van der Waals surface area contributed by atoms with Gasteiger partial charge in [-0.05, 0) is 56.7 Å². The minimum absolute atomic E-state index is 0.147. The zero-order valence-corrected chi connectivity index (χ0v) is 26.4. The number of aromatic carboxylic acids is 1. The number of anilines is 1. The van der Waals surface area contributed by atoms with E-state index in [9.17, 15) is 4.79 Å². The zero-order valence-electron chi connectivity index (χ0n) is 23.5. The number of unbranched alkanes of at least 4 members (excludes halogenated alkanes) is 3. The Labute approximate surface area is 227 Å². The second-order valence-corrected chi connectivity index (χ2v) is 17.8. The molecule has 0 aliphatic rings. The van der Waals surface area contributed by atoms with Crippen LogP contribution in [0.1, 0.15) is 89.1 Å². The Kier molecular flexibility index (Phi) is 17.2. The van der Waals surface area contributed by atoms with E-state index in [1.165, 1.54) is 44.6 Å². The average molecular weight is 601 g/mol. The van der Waals surface area contributed by atoms with Crippen LogP contribution < -0.4 is 4.90 Å². The number of aryl methyl sites for hydroxylation is 1. The molecule has 0 spiro atoms. The van der Waals surface area contributed by atoms with E-state index in [0.29, 0.717) is 5.69 Å². The van der Waals surface area contributed by atoms with Gasteiger partial charge in [-0.25, -0.2) is 4.79 Å². The van der Waals surface area contributed by atoms with Gasteiger partial charge in [0, 0.05) is 18.8 Å². The summed E-state index contributed by atoms with van der Waals surface area (Å²) in [4.78, 5) is 13.4. The second-order valence-electron chi connectivity index (χ2n) is 9.23. The molecule has 6 heteroatoms. The van der Waals surface area contributed by atoms with E-state index in [2.05, 4.69) is 55.8 Å². The predicted molar refractivity (Wildman–Crippen MR) is 157 cm³/mol. The normalized spacial score (nSPS) is 11.0. The molecule has 0 unspecified atom stereocenters. The maximum atomic E-state index is 11.2. The smallest absolute Gasteiger partial charge is 0.337 e. The summed E-state index contributed by atoms with van der Waals surface area (Å²) >= 11 is -0.839. The summed E-state index contributed by atoms with van der Waals surface area (Å²) in [5.74, 6) is -1.01. The molecule has 0 saturated heterocycles. The van der Waals surface area contributed by atoms with Crippen LogP contribution in [0.4, 0.5) is 17.1 Å². The van der Waals surface area contributed by atoms with Gasteiger partial charge in [-0.15, -0.1) is 5.11 Å². The largest absolute Gasteiger partial charge is 0.478 e. The third kappa shape index (κ3) is 11.9. The molecular formula is C30H48N3O2Sn. The minimum Gasteiger partial charge on any atom is -0.478 e. The quantitative estimate of drug-likeness (QED) is 0.163. The summed E-state index contributed by atoms with van der Waals surface area (Å²) in [5, 5.41) is 17.5. The van der Waals surface area contributed by atoms with E-state index in [-0.39, 0.29) is 5.56 Å². The van der Waals surface area contributed by atoms with Gasteiger partial charge in [0.25, 0.3) is 0 Å². The van der Waals surface area contributed by atoms with Crippen molar-refractivity contribution in [3.05, 3.63) is 53.6 Å². The van der Waals surface area contributed by atoms with E-state index in [1.54, 1.807) is 31.5 Å². The van der Waals surface area contributed by atoms with Crippen molar-refractivity contribution < 1.29 is 9.90 Å². The average Bonchev–Trinajstić information content (AvgIpc) is 2.89. The van der Waals surface area contributed by atoms with Gasteiger partial charge in [-0.1, -0.05) is 12.1 Å². The fraction of sp³-hybridized carbons (Fsp3) is 0.567. The van der Waals surface area contributed by atoms with Gasteiger partial charge < -0.3 is 10.0 Å². The van der Waals surface area contributed by atoms with Crippen molar-refractivity contribution in [1.82, 2.24) is 0 Å². The molecule has 0 aliphatic carbocycles. The maximum Gasteiger partial charge on any atom is 0.337 e. The van der Waals surface area contributed by atoms with Crippen molar-refractivity contribution in [2.24, 2.45) is 10.2 Å². The van der Waals surface area contributed by atoms with Gasteiger partial charge in [0.05, 0.1) is 11.3 Å². The number of carboxylic acid groups (broad SMARTS) is 1. The van der Waals surface area contributed by atoms with Crippen LogP contribution in [-0.2, 0) is 0 Å². The first-order chi connectivity index (χ1) is 17.4. The molecule has 1 radical (unpaired) electrons. The molecule has 0 aromatic heterocycles. The Hall–Kier alpha value is -1.89. The Morgan fingerprint density at radius 2 is 1.33 bits per heavy atom. The third-order valence-electron chi connectivity index (χ3n) is 6.36. The number of rotatable bonds is 15. The van der Waals surface area contributed by atoms with Crippen molar-refractivity contribution in [3.8, 4) is 0 Å². The number of hydrogen-bond acceptors (Lipinski definition) is 4. The molecule has 2 aromatic rings. The molecule has 0 bridgehead atoms. The van der Waals surface area contributed by atoms with Gasteiger partial charge >= 0.3 is 98.3 Å². The Morgan fingerprint density at radius 3 is 1.81 bits per heavy atom. The Bertz CT molecular complexity index is 894. The van der Waals surface area contributed by atoms with Gasteiger partial charge in [-0.2, -0.15) is 5.11 Å². The monoisotopic (exact) mass is 602 g/mol.